The summed E-state index contributed by atoms with van der Waals surface area (Å²) in [5, 5.41) is 14.7. The molecule has 0 spiro atoms. The third-order valence-corrected chi connectivity index (χ3v) is 4.49. The van der Waals surface area contributed by atoms with Gasteiger partial charge in [-0.2, -0.15) is 5.26 Å². The number of furan rings is 1. The highest BCUT2D eigenvalue weighted by Crippen LogP contribution is 2.28. The van der Waals surface area contributed by atoms with Crippen LogP contribution in [0.2, 0.25) is 5.02 Å². The molecule has 0 fully saturated rings. The molecule has 0 bridgehead atoms. The van der Waals surface area contributed by atoms with Crippen LogP contribution in [0, 0.1) is 11.3 Å². The van der Waals surface area contributed by atoms with Gasteiger partial charge in [-0.25, -0.2) is 4.98 Å². The SMILES string of the molecule is COc1ccc(NC(=O)/C(C#N)=C\c2csc(-c3ccco3)n2)cc1Cl. The van der Waals surface area contributed by atoms with Gasteiger partial charge in [-0.15, -0.1) is 11.3 Å². The summed E-state index contributed by atoms with van der Waals surface area (Å²) in [6, 6.07) is 10.2. The molecule has 2 aromatic heterocycles. The van der Waals surface area contributed by atoms with Gasteiger partial charge in [0.15, 0.2) is 10.8 Å². The Balaban J connectivity index is 1.78. The van der Waals surface area contributed by atoms with Crippen molar-refractivity contribution in [2.75, 3.05) is 12.4 Å². The largest absolute Gasteiger partial charge is 0.495 e. The van der Waals surface area contributed by atoms with E-state index in [0.717, 1.165) is 0 Å². The number of aromatic nitrogens is 1. The summed E-state index contributed by atoms with van der Waals surface area (Å²) in [5.74, 6) is 0.570. The van der Waals surface area contributed by atoms with Crippen molar-refractivity contribution in [2.24, 2.45) is 0 Å². The van der Waals surface area contributed by atoms with Gasteiger partial charge < -0.3 is 14.5 Å². The fourth-order valence-electron chi connectivity index (χ4n) is 2.10. The van der Waals surface area contributed by atoms with Crippen LogP contribution in [-0.4, -0.2) is 18.0 Å². The predicted molar refractivity (Wildman–Crippen MR) is 100 cm³/mol. The van der Waals surface area contributed by atoms with E-state index in [9.17, 15) is 10.1 Å². The number of benzene rings is 1. The van der Waals surface area contributed by atoms with Crippen molar-refractivity contribution in [1.82, 2.24) is 4.98 Å². The van der Waals surface area contributed by atoms with E-state index in [1.54, 1.807) is 42.0 Å². The zero-order chi connectivity index (χ0) is 18.5. The number of hydrogen-bond acceptors (Lipinski definition) is 6. The third kappa shape index (κ3) is 3.94. The number of carbonyl (C=O) groups is 1. The van der Waals surface area contributed by atoms with Crippen molar-refractivity contribution in [3.63, 3.8) is 0 Å². The van der Waals surface area contributed by atoms with E-state index in [1.807, 2.05) is 6.07 Å². The molecule has 1 N–H and O–H groups in total. The Hall–Kier alpha value is -3.08. The maximum Gasteiger partial charge on any atom is 0.266 e. The van der Waals surface area contributed by atoms with E-state index in [4.69, 9.17) is 20.8 Å². The van der Waals surface area contributed by atoms with Crippen LogP contribution < -0.4 is 10.1 Å². The first-order valence-corrected chi connectivity index (χ1v) is 8.62. The van der Waals surface area contributed by atoms with Crippen LogP contribution in [0.25, 0.3) is 16.8 Å². The normalized spacial score (nSPS) is 11.0. The fraction of sp³-hybridized carbons (Fsp3) is 0.0556. The van der Waals surface area contributed by atoms with Crippen LogP contribution in [-0.2, 0) is 4.79 Å². The molecule has 3 aromatic rings. The van der Waals surface area contributed by atoms with Crippen molar-refractivity contribution in [3.8, 4) is 22.6 Å². The van der Waals surface area contributed by atoms with Crippen LogP contribution in [0.4, 0.5) is 5.69 Å². The maximum atomic E-state index is 12.3. The molecule has 1 amide bonds. The summed E-state index contributed by atoms with van der Waals surface area (Å²) in [6.07, 6.45) is 2.98. The Morgan fingerprint density at radius 2 is 2.31 bits per heavy atom. The molecule has 0 aliphatic rings. The Bertz CT molecular complexity index is 1000. The zero-order valence-electron chi connectivity index (χ0n) is 13.5. The molecule has 130 valence electrons. The highest BCUT2D eigenvalue weighted by atomic mass is 35.5. The Morgan fingerprint density at radius 3 is 2.96 bits per heavy atom. The Labute approximate surface area is 158 Å². The zero-order valence-corrected chi connectivity index (χ0v) is 15.1. The lowest BCUT2D eigenvalue weighted by atomic mass is 10.2. The monoisotopic (exact) mass is 385 g/mol. The highest BCUT2D eigenvalue weighted by Gasteiger charge is 2.13. The predicted octanol–water partition coefficient (Wildman–Crippen LogP) is 4.61. The molecule has 8 heteroatoms. The summed E-state index contributed by atoms with van der Waals surface area (Å²) in [6.45, 7) is 0. The molecule has 0 saturated heterocycles. The number of halogens is 1. The molecule has 0 aliphatic heterocycles. The average Bonchev–Trinajstić information content (AvgIpc) is 3.31. The highest BCUT2D eigenvalue weighted by molar-refractivity contribution is 7.13. The van der Waals surface area contributed by atoms with Crippen LogP contribution in [0.3, 0.4) is 0 Å². The van der Waals surface area contributed by atoms with Gasteiger partial charge in [0.1, 0.15) is 17.4 Å². The summed E-state index contributed by atoms with van der Waals surface area (Å²) in [4.78, 5) is 16.7. The molecule has 0 radical (unpaired) electrons. The quantitative estimate of drug-likeness (QED) is 0.511. The van der Waals surface area contributed by atoms with Crippen molar-refractivity contribution in [2.45, 2.75) is 0 Å². The third-order valence-electron chi connectivity index (χ3n) is 3.32. The minimum atomic E-state index is -0.554. The fourth-order valence-corrected chi connectivity index (χ4v) is 3.11. The average molecular weight is 386 g/mol. The second-order valence-corrected chi connectivity index (χ2v) is 6.29. The molecule has 1 aromatic carbocycles. The van der Waals surface area contributed by atoms with Crippen molar-refractivity contribution < 1.29 is 13.9 Å². The molecular weight excluding hydrogens is 374 g/mol. The van der Waals surface area contributed by atoms with Gasteiger partial charge >= 0.3 is 0 Å². The lowest BCUT2D eigenvalue weighted by Gasteiger charge is -2.07. The lowest BCUT2D eigenvalue weighted by molar-refractivity contribution is -0.112. The van der Waals surface area contributed by atoms with Crippen molar-refractivity contribution >= 4 is 40.6 Å². The van der Waals surface area contributed by atoms with Gasteiger partial charge in [0.05, 0.1) is 24.1 Å². The second-order valence-electron chi connectivity index (χ2n) is 5.03. The standard InChI is InChI=1S/C18H12ClN3O3S/c1-24-15-5-4-12(8-14(15)19)21-17(23)11(9-20)7-13-10-26-18(22-13)16-3-2-6-25-16/h2-8,10H,1H3,(H,21,23)/b11-7-. The van der Waals surface area contributed by atoms with Gasteiger partial charge in [0.25, 0.3) is 5.91 Å². The Kier molecular flexibility index (Phi) is 5.37. The number of carbonyl (C=O) groups excluding carboxylic acids is 1. The summed E-state index contributed by atoms with van der Waals surface area (Å²) >= 11 is 7.39. The molecule has 6 nitrogen and oxygen atoms in total. The van der Waals surface area contributed by atoms with Gasteiger partial charge in [0, 0.05) is 11.1 Å². The van der Waals surface area contributed by atoms with Crippen LogP contribution in [0.5, 0.6) is 5.75 Å². The molecule has 26 heavy (non-hydrogen) atoms. The number of nitriles is 1. The van der Waals surface area contributed by atoms with Gasteiger partial charge in [-0.1, -0.05) is 11.6 Å². The van der Waals surface area contributed by atoms with Crippen LogP contribution in [0.15, 0.2) is 52.0 Å². The smallest absolute Gasteiger partial charge is 0.266 e. The minimum Gasteiger partial charge on any atom is -0.495 e. The second kappa shape index (κ2) is 7.87. The first-order valence-electron chi connectivity index (χ1n) is 7.37. The number of hydrogen-bond donors (Lipinski definition) is 1. The molecule has 0 saturated carbocycles. The minimum absolute atomic E-state index is 0.0757. The van der Waals surface area contributed by atoms with Gasteiger partial charge in [-0.05, 0) is 36.4 Å². The van der Waals surface area contributed by atoms with Gasteiger partial charge in [0.2, 0.25) is 0 Å². The number of ether oxygens (including phenoxy) is 1. The van der Waals surface area contributed by atoms with Crippen LogP contribution in [0.1, 0.15) is 5.69 Å². The van der Waals surface area contributed by atoms with E-state index in [0.29, 0.717) is 32.9 Å². The van der Waals surface area contributed by atoms with E-state index in [2.05, 4.69) is 10.3 Å². The number of anilines is 1. The number of rotatable bonds is 5. The molecule has 0 atom stereocenters. The van der Waals surface area contributed by atoms with Gasteiger partial charge in [-0.3, -0.25) is 4.79 Å². The summed E-state index contributed by atoms with van der Waals surface area (Å²) in [5.41, 5.74) is 0.880. The summed E-state index contributed by atoms with van der Waals surface area (Å²) < 4.78 is 10.3. The molecule has 2 heterocycles. The molecule has 3 rings (SSSR count). The van der Waals surface area contributed by atoms with E-state index in [-0.39, 0.29) is 5.57 Å². The number of thiazole rings is 1. The number of amides is 1. The van der Waals surface area contributed by atoms with Crippen molar-refractivity contribution in [3.05, 3.63) is 58.3 Å². The van der Waals surface area contributed by atoms with Crippen molar-refractivity contribution in [1.29, 1.82) is 5.26 Å². The Morgan fingerprint density at radius 1 is 1.46 bits per heavy atom. The first kappa shape index (κ1) is 17.7. The van der Waals surface area contributed by atoms with E-state index >= 15 is 0 Å². The molecular formula is C18H12ClN3O3S. The summed E-state index contributed by atoms with van der Waals surface area (Å²) in [7, 11) is 1.50. The van der Waals surface area contributed by atoms with E-state index < -0.39 is 5.91 Å². The number of nitrogens with one attached hydrogen (secondary N) is 1. The number of nitrogens with zero attached hydrogens (tertiary/aromatic N) is 2. The van der Waals surface area contributed by atoms with Crippen LogP contribution >= 0.6 is 22.9 Å². The number of methoxy groups -OCH3 is 1. The topological polar surface area (TPSA) is 88.1 Å². The first-order chi connectivity index (χ1) is 12.6. The maximum absolute atomic E-state index is 12.3. The molecule has 0 unspecified atom stereocenters. The molecule has 0 aliphatic carbocycles. The lowest BCUT2D eigenvalue weighted by Crippen LogP contribution is -2.13. The van der Waals surface area contributed by atoms with E-state index in [1.165, 1.54) is 24.5 Å².